The first-order valence-electron chi connectivity index (χ1n) is 4.53. The van der Waals surface area contributed by atoms with Crippen LogP contribution in [0, 0.1) is 5.92 Å². The number of hydrogen-bond acceptors (Lipinski definition) is 2. The van der Waals surface area contributed by atoms with Crippen LogP contribution in [0.15, 0.2) is 22.9 Å². The van der Waals surface area contributed by atoms with Gasteiger partial charge in [-0.2, -0.15) is 0 Å². The molecule has 0 saturated heterocycles. The normalized spacial score (nSPS) is 26.9. The molecule has 13 heavy (non-hydrogen) atoms. The summed E-state index contributed by atoms with van der Waals surface area (Å²) < 4.78 is 1.01. The average Bonchev–Trinajstić information content (AvgIpc) is 2.12. The monoisotopic (exact) mass is 241 g/mol. The molecule has 2 unspecified atom stereocenters. The van der Waals surface area contributed by atoms with Gasteiger partial charge in [0.25, 0.3) is 0 Å². The maximum Gasteiger partial charge on any atom is 0.0571 e. The van der Waals surface area contributed by atoms with Gasteiger partial charge in [-0.05, 0) is 52.7 Å². The highest BCUT2D eigenvalue weighted by molar-refractivity contribution is 9.10. The van der Waals surface area contributed by atoms with E-state index in [0.29, 0.717) is 5.92 Å². The van der Waals surface area contributed by atoms with Crippen LogP contribution in [0.3, 0.4) is 0 Å². The van der Waals surface area contributed by atoms with E-state index in [4.69, 9.17) is 0 Å². The lowest BCUT2D eigenvalue weighted by molar-refractivity contribution is 0.0244. The van der Waals surface area contributed by atoms with E-state index in [0.717, 1.165) is 23.7 Å². The first-order valence-corrected chi connectivity index (χ1v) is 5.32. The predicted molar refractivity (Wildman–Crippen MR) is 54.4 cm³/mol. The molecule has 1 aliphatic rings. The molecule has 1 N–H and O–H groups in total. The standard InChI is InChI=1S/C10H12BrNO/c11-9-4-7(5-12-6-9)3-8-1-2-10(8)13/h4-6,8,10,13H,1-3H2. The van der Waals surface area contributed by atoms with Gasteiger partial charge in [0, 0.05) is 16.9 Å². The number of aliphatic hydroxyl groups is 1. The quantitative estimate of drug-likeness (QED) is 0.861. The molecule has 1 aromatic rings. The molecule has 2 rings (SSSR count). The van der Waals surface area contributed by atoms with Crippen molar-refractivity contribution in [1.29, 1.82) is 0 Å². The van der Waals surface area contributed by atoms with Crippen molar-refractivity contribution >= 4 is 15.9 Å². The van der Waals surface area contributed by atoms with Crippen LogP contribution >= 0.6 is 15.9 Å². The summed E-state index contributed by atoms with van der Waals surface area (Å²) in [5, 5.41) is 9.41. The van der Waals surface area contributed by atoms with Crippen LogP contribution in [0.4, 0.5) is 0 Å². The van der Waals surface area contributed by atoms with Gasteiger partial charge in [0.1, 0.15) is 0 Å². The average molecular weight is 242 g/mol. The topological polar surface area (TPSA) is 33.1 Å². The summed E-state index contributed by atoms with van der Waals surface area (Å²) in [4.78, 5) is 4.09. The third-order valence-corrected chi connectivity index (χ3v) is 3.07. The molecular formula is C10H12BrNO. The molecule has 0 radical (unpaired) electrons. The van der Waals surface area contributed by atoms with E-state index in [1.54, 1.807) is 6.20 Å². The molecule has 3 heteroatoms. The van der Waals surface area contributed by atoms with E-state index >= 15 is 0 Å². The molecule has 1 heterocycles. The number of halogens is 1. The minimum absolute atomic E-state index is 0.0843. The Bertz CT molecular complexity index is 303. The first-order chi connectivity index (χ1) is 6.25. The molecule has 70 valence electrons. The van der Waals surface area contributed by atoms with E-state index in [9.17, 15) is 5.11 Å². The van der Waals surface area contributed by atoms with Gasteiger partial charge in [-0.15, -0.1) is 0 Å². The van der Waals surface area contributed by atoms with Gasteiger partial charge >= 0.3 is 0 Å². The van der Waals surface area contributed by atoms with Crippen molar-refractivity contribution in [3.05, 3.63) is 28.5 Å². The largest absolute Gasteiger partial charge is 0.393 e. The molecule has 0 aliphatic heterocycles. The van der Waals surface area contributed by atoms with Gasteiger partial charge in [0.15, 0.2) is 0 Å². The van der Waals surface area contributed by atoms with Crippen molar-refractivity contribution in [1.82, 2.24) is 4.98 Å². The van der Waals surface area contributed by atoms with E-state index < -0.39 is 0 Å². The lowest BCUT2D eigenvalue weighted by Gasteiger charge is -2.32. The SMILES string of the molecule is OC1CCC1Cc1cncc(Br)c1. The zero-order chi connectivity index (χ0) is 9.26. The van der Waals surface area contributed by atoms with Crippen molar-refractivity contribution in [3.63, 3.8) is 0 Å². The smallest absolute Gasteiger partial charge is 0.0571 e. The van der Waals surface area contributed by atoms with Gasteiger partial charge in [-0.1, -0.05) is 0 Å². The Kier molecular flexibility index (Phi) is 2.65. The van der Waals surface area contributed by atoms with E-state index in [1.165, 1.54) is 5.56 Å². The van der Waals surface area contributed by atoms with E-state index in [2.05, 4.69) is 27.0 Å². The van der Waals surface area contributed by atoms with E-state index in [-0.39, 0.29) is 6.10 Å². The summed E-state index contributed by atoms with van der Waals surface area (Å²) in [6, 6.07) is 2.07. The van der Waals surface area contributed by atoms with Gasteiger partial charge in [-0.25, -0.2) is 0 Å². The van der Waals surface area contributed by atoms with Crippen LogP contribution in [-0.2, 0) is 6.42 Å². The van der Waals surface area contributed by atoms with Gasteiger partial charge < -0.3 is 5.11 Å². The summed E-state index contributed by atoms with van der Waals surface area (Å²) >= 11 is 3.38. The van der Waals surface area contributed by atoms with Crippen molar-refractivity contribution in [2.24, 2.45) is 5.92 Å². The lowest BCUT2D eigenvalue weighted by Crippen LogP contribution is -2.32. The summed E-state index contributed by atoms with van der Waals surface area (Å²) in [5.41, 5.74) is 1.21. The van der Waals surface area contributed by atoms with Crippen LogP contribution < -0.4 is 0 Å². The summed E-state index contributed by atoms with van der Waals surface area (Å²) in [7, 11) is 0. The lowest BCUT2D eigenvalue weighted by atomic mass is 9.78. The Morgan fingerprint density at radius 3 is 2.85 bits per heavy atom. The Hall–Kier alpha value is -0.410. The van der Waals surface area contributed by atoms with Crippen molar-refractivity contribution < 1.29 is 5.11 Å². The van der Waals surface area contributed by atoms with Crippen LogP contribution in [0.5, 0.6) is 0 Å². The highest BCUT2D eigenvalue weighted by atomic mass is 79.9. The van der Waals surface area contributed by atoms with Gasteiger partial charge in [0.05, 0.1) is 6.10 Å². The van der Waals surface area contributed by atoms with Crippen LogP contribution in [0.2, 0.25) is 0 Å². The second-order valence-corrected chi connectivity index (χ2v) is 4.54. The van der Waals surface area contributed by atoms with Crippen molar-refractivity contribution in [2.75, 3.05) is 0 Å². The Balaban J connectivity index is 2.01. The van der Waals surface area contributed by atoms with Crippen LogP contribution in [-0.4, -0.2) is 16.2 Å². The molecule has 2 atom stereocenters. The second kappa shape index (κ2) is 3.76. The highest BCUT2D eigenvalue weighted by Crippen LogP contribution is 2.30. The molecule has 0 bridgehead atoms. The Labute approximate surface area is 86.1 Å². The molecule has 1 fully saturated rings. The maximum atomic E-state index is 9.41. The number of aliphatic hydroxyl groups excluding tert-OH is 1. The fourth-order valence-electron chi connectivity index (χ4n) is 1.66. The van der Waals surface area contributed by atoms with Crippen LogP contribution in [0.25, 0.3) is 0 Å². The summed E-state index contributed by atoms with van der Waals surface area (Å²) in [6.45, 7) is 0. The van der Waals surface area contributed by atoms with E-state index in [1.807, 2.05) is 6.20 Å². The predicted octanol–water partition coefficient (Wildman–Crippen LogP) is 2.16. The first kappa shape index (κ1) is 9.16. The van der Waals surface area contributed by atoms with Gasteiger partial charge in [0.2, 0.25) is 0 Å². The third kappa shape index (κ3) is 2.09. The molecule has 1 saturated carbocycles. The van der Waals surface area contributed by atoms with Crippen LogP contribution in [0.1, 0.15) is 18.4 Å². The number of pyridine rings is 1. The zero-order valence-electron chi connectivity index (χ0n) is 7.28. The minimum Gasteiger partial charge on any atom is -0.393 e. The number of aromatic nitrogens is 1. The minimum atomic E-state index is -0.0843. The second-order valence-electron chi connectivity index (χ2n) is 3.62. The van der Waals surface area contributed by atoms with Gasteiger partial charge in [-0.3, -0.25) is 4.98 Å². The number of rotatable bonds is 2. The highest BCUT2D eigenvalue weighted by Gasteiger charge is 2.28. The fraction of sp³-hybridized carbons (Fsp3) is 0.500. The number of hydrogen-bond donors (Lipinski definition) is 1. The molecule has 0 amide bonds. The molecular weight excluding hydrogens is 230 g/mol. The molecule has 0 spiro atoms. The Morgan fingerprint density at radius 2 is 2.31 bits per heavy atom. The van der Waals surface area contributed by atoms with Crippen molar-refractivity contribution in [2.45, 2.75) is 25.4 Å². The summed E-state index contributed by atoms with van der Waals surface area (Å²) in [5.74, 6) is 0.455. The molecule has 0 aromatic carbocycles. The molecule has 2 nitrogen and oxygen atoms in total. The fourth-order valence-corrected chi connectivity index (χ4v) is 2.07. The Morgan fingerprint density at radius 1 is 1.46 bits per heavy atom. The molecule has 1 aliphatic carbocycles. The third-order valence-electron chi connectivity index (χ3n) is 2.64. The van der Waals surface area contributed by atoms with Crippen molar-refractivity contribution in [3.8, 4) is 0 Å². The maximum absolute atomic E-state index is 9.41. The zero-order valence-corrected chi connectivity index (χ0v) is 8.87. The molecule has 1 aromatic heterocycles. The number of nitrogens with zero attached hydrogens (tertiary/aromatic N) is 1. The summed E-state index contributed by atoms with van der Waals surface area (Å²) in [6.07, 6.45) is 6.63.